The van der Waals surface area contributed by atoms with Crippen LogP contribution in [0.4, 0.5) is 13.2 Å². The van der Waals surface area contributed by atoms with E-state index in [1.807, 2.05) is 24.3 Å². The predicted molar refractivity (Wildman–Crippen MR) is 115 cm³/mol. The number of nitrogens with zero attached hydrogens (tertiary/aromatic N) is 2. The largest absolute Gasteiger partial charge is 0.406 e. The summed E-state index contributed by atoms with van der Waals surface area (Å²) in [7, 11) is -3.74. The average Bonchev–Trinajstić information content (AvgIpc) is 3.61. The summed E-state index contributed by atoms with van der Waals surface area (Å²) in [5.41, 5.74) is 0. The molecule has 9 heteroatoms. The number of hydrogen-bond donors (Lipinski definition) is 0. The zero-order valence-corrected chi connectivity index (χ0v) is 18.7. The standard InChI is InChI=1S/C23H27F3N2O3S/c1-16(17-6-7-17)28(15-23(24,25)26)22(29)19-10-12-27(13-11-19)32(30,31)21-9-8-18-4-2-3-5-20(18)14-21/h2-5,8-9,14,16-17,19H,6-7,10-13,15H2,1H3/t16-/m1/s1. The van der Waals surface area contributed by atoms with Crippen LogP contribution in [0.25, 0.3) is 10.8 Å². The Morgan fingerprint density at radius 3 is 2.28 bits per heavy atom. The maximum atomic E-state index is 13.1. The first kappa shape index (κ1) is 23.0. The van der Waals surface area contributed by atoms with Gasteiger partial charge in [-0.05, 0) is 61.4 Å². The molecule has 1 saturated heterocycles. The Morgan fingerprint density at radius 1 is 1.06 bits per heavy atom. The van der Waals surface area contributed by atoms with Crippen LogP contribution in [0.3, 0.4) is 0 Å². The number of rotatable bonds is 6. The van der Waals surface area contributed by atoms with Crippen molar-refractivity contribution in [2.24, 2.45) is 11.8 Å². The third-order valence-electron chi connectivity index (χ3n) is 6.59. The second kappa shape index (κ2) is 8.67. The van der Waals surface area contributed by atoms with Crippen molar-refractivity contribution in [1.29, 1.82) is 0 Å². The van der Waals surface area contributed by atoms with Gasteiger partial charge in [-0.3, -0.25) is 4.79 Å². The van der Waals surface area contributed by atoms with Crippen LogP contribution in [0.1, 0.15) is 32.6 Å². The van der Waals surface area contributed by atoms with Crippen LogP contribution in [0.15, 0.2) is 47.4 Å². The highest BCUT2D eigenvalue weighted by atomic mass is 32.2. The Balaban J connectivity index is 1.45. The molecule has 2 aromatic rings. The van der Waals surface area contributed by atoms with Gasteiger partial charge < -0.3 is 4.90 Å². The third-order valence-corrected chi connectivity index (χ3v) is 8.49. The maximum absolute atomic E-state index is 13.1. The molecule has 4 rings (SSSR count). The molecular weight excluding hydrogens is 441 g/mol. The summed E-state index contributed by atoms with van der Waals surface area (Å²) in [6, 6.07) is 12.0. The highest BCUT2D eigenvalue weighted by Crippen LogP contribution is 2.37. The van der Waals surface area contributed by atoms with Crippen molar-refractivity contribution in [2.45, 2.75) is 49.7 Å². The van der Waals surface area contributed by atoms with Crippen LogP contribution < -0.4 is 0 Å². The minimum absolute atomic E-state index is 0.114. The van der Waals surface area contributed by atoms with Crippen molar-refractivity contribution in [2.75, 3.05) is 19.6 Å². The van der Waals surface area contributed by atoms with E-state index in [-0.39, 0.29) is 36.7 Å². The molecule has 0 aromatic heterocycles. The van der Waals surface area contributed by atoms with E-state index >= 15 is 0 Å². The van der Waals surface area contributed by atoms with E-state index in [1.54, 1.807) is 25.1 Å². The number of carbonyl (C=O) groups is 1. The first-order valence-corrected chi connectivity index (χ1v) is 12.4. The number of piperidine rings is 1. The summed E-state index contributed by atoms with van der Waals surface area (Å²) in [5, 5.41) is 1.75. The summed E-state index contributed by atoms with van der Waals surface area (Å²) in [6.45, 7) is 0.659. The van der Waals surface area contributed by atoms with Crippen LogP contribution in [0.2, 0.25) is 0 Å². The number of sulfonamides is 1. The Bertz CT molecular complexity index is 1090. The molecule has 2 aliphatic rings. The Hall–Kier alpha value is -2.13. The fraction of sp³-hybridized carbons (Fsp3) is 0.522. The molecule has 1 heterocycles. The van der Waals surface area contributed by atoms with Crippen molar-refractivity contribution in [3.05, 3.63) is 42.5 Å². The third kappa shape index (κ3) is 4.93. The molecule has 1 aliphatic carbocycles. The van der Waals surface area contributed by atoms with Crippen LogP contribution in [-0.4, -0.2) is 55.4 Å². The fourth-order valence-corrected chi connectivity index (χ4v) is 6.01. The Morgan fingerprint density at radius 2 is 1.69 bits per heavy atom. The molecule has 1 saturated carbocycles. The zero-order chi connectivity index (χ0) is 23.1. The average molecular weight is 469 g/mol. The van der Waals surface area contributed by atoms with Crippen molar-refractivity contribution in [3.8, 4) is 0 Å². The molecular formula is C23H27F3N2O3S. The second-order valence-corrected chi connectivity index (χ2v) is 10.8. The zero-order valence-electron chi connectivity index (χ0n) is 17.9. The molecule has 32 heavy (non-hydrogen) atoms. The van der Waals surface area contributed by atoms with E-state index in [0.29, 0.717) is 0 Å². The van der Waals surface area contributed by atoms with Gasteiger partial charge >= 0.3 is 6.18 Å². The number of amides is 1. The Labute approximate surface area is 186 Å². The molecule has 174 valence electrons. The smallest absolute Gasteiger partial charge is 0.330 e. The molecule has 0 N–H and O–H groups in total. The van der Waals surface area contributed by atoms with Crippen LogP contribution >= 0.6 is 0 Å². The normalized spacial score (nSPS) is 19.8. The topological polar surface area (TPSA) is 57.7 Å². The summed E-state index contributed by atoms with van der Waals surface area (Å²) < 4.78 is 66.9. The van der Waals surface area contributed by atoms with Crippen molar-refractivity contribution in [3.63, 3.8) is 0 Å². The quantitative estimate of drug-likeness (QED) is 0.630. The fourth-order valence-electron chi connectivity index (χ4n) is 4.50. The molecule has 0 bridgehead atoms. The van der Waals surface area contributed by atoms with E-state index in [0.717, 1.165) is 28.5 Å². The van der Waals surface area contributed by atoms with E-state index in [9.17, 15) is 26.4 Å². The second-order valence-electron chi connectivity index (χ2n) is 8.85. The van der Waals surface area contributed by atoms with Crippen LogP contribution in [0.5, 0.6) is 0 Å². The highest BCUT2D eigenvalue weighted by molar-refractivity contribution is 7.89. The summed E-state index contributed by atoms with van der Waals surface area (Å²) >= 11 is 0. The van der Waals surface area contributed by atoms with Crippen molar-refractivity contribution in [1.82, 2.24) is 9.21 Å². The molecule has 0 spiro atoms. The number of alkyl halides is 3. The molecule has 1 amide bonds. The van der Waals surface area contributed by atoms with Gasteiger partial charge in [-0.25, -0.2) is 8.42 Å². The number of hydrogen-bond acceptors (Lipinski definition) is 3. The summed E-state index contributed by atoms with van der Waals surface area (Å²) in [5.74, 6) is -0.985. The molecule has 5 nitrogen and oxygen atoms in total. The van der Waals surface area contributed by atoms with Crippen LogP contribution in [-0.2, 0) is 14.8 Å². The lowest BCUT2D eigenvalue weighted by Crippen LogP contribution is -2.50. The summed E-state index contributed by atoms with van der Waals surface area (Å²) in [6.07, 6.45) is -2.34. The van der Waals surface area contributed by atoms with E-state index in [1.165, 1.54) is 4.31 Å². The van der Waals surface area contributed by atoms with Crippen molar-refractivity contribution >= 4 is 26.7 Å². The van der Waals surface area contributed by atoms with Gasteiger partial charge in [0, 0.05) is 25.0 Å². The molecule has 2 aromatic carbocycles. The van der Waals surface area contributed by atoms with Crippen molar-refractivity contribution < 1.29 is 26.4 Å². The van der Waals surface area contributed by atoms with Gasteiger partial charge in [0.25, 0.3) is 0 Å². The minimum Gasteiger partial charge on any atom is -0.330 e. The van der Waals surface area contributed by atoms with Gasteiger partial charge in [-0.2, -0.15) is 17.5 Å². The first-order chi connectivity index (χ1) is 15.1. The molecule has 2 fully saturated rings. The van der Waals surface area contributed by atoms with Gasteiger partial charge in [-0.15, -0.1) is 0 Å². The minimum atomic E-state index is -4.46. The van der Waals surface area contributed by atoms with Gasteiger partial charge in [0.1, 0.15) is 6.54 Å². The van der Waals surface area contributed by atoms with E-state index in [2.05, 4.69) is 0 Å². The summed E-state index contributed by atoms with van der Waals surface area (Å²) in [4.78, 5) is 14.1. The molecule has 1 atom stereocenters. The van der Waals surface area contributed by atoms with E-state index in [4.69, 9.17) is 0 Å². The highest BCUT2D eigenvalue weighted by Gasteiger charge is 2.43. The van der Waals surface area contributed by atoms with Gasteiger partial charge in [-0.1, -0.05) is 30.3 Å². The molecule has 1 aliphatic heterocycles. The molecule has 0 radical (unpaired) electrons. The Kier molecular flexibility index (Phi) is 6.24. The number of benzene rings is 2. The van der Waals surface area contributed by atoms with Crippen LogP contribution in [0, 0.1) is 11.8 Å². The predicted octanol–water partition coefficient (Wildman–Crippen LogP) is 4.43. The lowest BCUT2D eigenvalue weighted by Gasteiger charge is -2.36. The van der Waals surface area contributed by atoms with Gasteiger partial charge in [0.15, 0.2) is 0 Å². The lowest BCUT2D eigenvalue weighted by molar-refractivity contribution is -0.169. The molecule has 0 unspecified atom stereocenters. The number of fused-ring (bicyclic) bond motifs is 1. The maximum Gasteiger partial charge on any atom is 0.406 e. The number of carbonyl (C=O) groups excluding carboxylic acids is 1. The first-order valence-electron chi connectivity index (χ1n) is 10.9. The monoisotopic (exact) mass is 468 g/mol. The van der Waals surface area contributed by atoms with E-state index < -0.39 is 40.6 Å². The van der Waals surface area contributed by atoms with Gasteiger partial charge in [0.2, 0.25) is 15.9 Å². The van der Waals surface area contributed by atoms with Gasteiger partial charge in [0.05, 0.1) is 4.90 Å². The lowest BCUT2D eigenvalue weighted by atomic mass is 9.95. The number of halogens is 3. The SMILES string of the molecule is C[C@H](C1CC1)N(CC(F)(F)F)C(=O)C1CCN(S(=O)(=O)c2ccc3ccccc3c2)CC1.